The summed E-state index contributed by atoms with van der Waals surface area (Å²) in [6.45, 7) is 1.82. The van der Waals surface area contributed by atoms with E-state index in [2.05, 4.69) is 0 Å². The predicted molar refractivity (Wildman–Crippen MR) is 108 cm³/mol. The molecule has 3 rings (SSSR count). The highest BCUT2D eigenvalue weighted by Crippen LogP contribution is 2.33. The summed E-state index contributed by atoms with van der Waals surface area (Å²) in [5.74, 6) is -1.03. The minimum atomic E-state index is -1.06. The van der Waals surface area contributed by atoms with E-state index in [9.17, 15) is 19.5 Å². The van der Waals surface area contributed by atoms with Gasteiger partial charge in [-0.3, -0.25) is 9.59 Å². The fourth-order valence-corrected chi connectivity index (χ4v) is 3.37. The molecule has 2 atom stereocenters. The van der Waals surface area contributed by atoms with E-state index in [4.69, 9.17) is 4.74 Å². The molecule has 0 saturated carbocycles. The summed E-state index contributed by atoms with van der Waals surface area (Å²) in [7, 11) is 1.49. The van der Waals surface area contributed by atoms with Crippen LogP contribution in [0.5, 0.6) is 5.75 Å². The third-order valence-electron chi connectivity index (χ3n) is 5.04. The molecule has 1 N–H and O–H groups in total. The van der Waals surface area contributed by atoms with Crippen molar-refractivity contribution in [2.75, 3.05) is 18.5 Å². The number of rotatable bonds is 7. The Balaban J connectivity index is 1.69. The largest absolute Gasteiger partial charge is 0.480 e. The molecule has 0 aromatic heterocycles. The van der Waals surface area contributed by atoms with Gasteiger partial charge in [0.05, 0.1) is 5.69 Å². The molecule has 29 heavy (non-hydrogen) atoms. The zero-order valence-corrected chi connectivity index (χ0v) is 16.4. The fraction of sp³-hybridized carbons (Fsp3) is 0.318. The topological polar surface area (TPSA) is 87.2 Å². The van der Waals surface area contributed by atoms with E-state index in [1.165, 1.54) is 16.8 Å². The summed E-state index contributed by atoms with van der Waals surface area (Å²) in [6.07, 6.45) is -0.404. The highest BCUT2D eigenvalue weighted by atomic mass is 16.5. The Morgan fingerprint density at radius 1 is 1.14 bits per heavy atom. The van der Waals surface area contributed by atoms with Crippen LogP contribution in [0.2, 0.25) is 0 Å². The summed E-state index contributed by atoms with van der Waals surface area (Å²) in [4.78, 5) is 39.8. The molecule has 2 aromatic carbocycles. The molecule has 0 spiro atoms. The number of aliphatic carboxylic acids is 1. The number of carboxylic acid groups (broad SMARTS) is 1. The molecule has 0 radical (unpaired) electrons. The summed E-state index contributed by atoms with van der Waals surface area (Å²) in [5, 5.41) is 9.60. The van der Waals surface area contributed by atoms with Crippen molar-refractivity contribution in [3.63, 3.8) is 0 Å². The lowest BCUT2D eigenvalue weighted by Crippen LogP contribution is -2.48. The standard InChI is InChI=1S/C22H24N2O5/c1-15-21(26)24(17-10-6-7-11-19(17)29-15)13-12-20(25)23(2)18(22(27)28)14-16-8-4-3-5-9-16/h3-11,15,18H,12-14H2,1-2H3,(H,27,28). The second-order valence-electron chi connectivity index (χ2n) is 7.02. The maximum Gasteiger partial charge on any atom is 0.326 e. The number of carboxylic acids is 1. The molecule has 0 fully saturated rings. The number of benzene rings is 2. The normalized spacial score (nSPS) is 16.6. The SMILES string of the molecule is CC1Oc2ccccc2N(CCC(=O)N(C)C(Cc2ccccc2)C(=O)O)C1=O. The first kappa shape index (κ1) is 20.4. The first-order valence-electron chi connectivity index (χ1n) is 9.48. The maximum absolute atomic E-state index is 12.7. The number of fused-ring (bicyclic) bond motifs is 1. The van der Waals surface area contributed by atoms with Crippen molar-refractivity contribution in [3.8, 4) is 5.75 Å². The van der Waals surface area contributed by atoms with E-state index in [1.807, 2.05) is 36.4 Å². The molecule has 1 aliphatic heterocycles. The molecule has 2 aromatic rings. The lowest BCUT2D eigenvalue weighted by atomic mass is 10.0. The van der Waals surface area contributed by atoms with Crippen LogP contribution in [0, 0.1) is 0 Å². The third kappa shape index (κ3) is 4.56. The minimum Gasteiger partial charge on any atom is -0.480 e. The van der Waals surface area contributed by atoms with Crippen molar-refractivity contribution in [1.82, 2.24) is 4.90 Å². The number of nitrogens with zero attached hydrogens (tertiary/aromatic N) is 2. The van der Waals surface area contributed by atoms with Gasteiger partial charge in [-0.2, -0.15) is 0 Å². The molecule has 0 bridgehead atoms. The molecule has 1 aliphatic rings. The zero-order chi connectivity index (χ0) is 21.0. The maximum atomic E-state index is 12.7. The number of carbonyl (C=O) groups is 3. The Kier molecular flexibility index (Phi) is 6.16. The van der Waals surface area contributed by atoms with Crippen LogP contribution >= 0.6 is 0 Å². The molecule has 7 nitrogen and oxygen atoms in total. The van der Waals surface area contributed by atoms with Crippen molar-refractivity contribution >= 4 is 23.5 Å². The van der Waals surface area contributed by atoms with E-state index < -0.39 is 18.1 Å². The van der Waals surface area contributed by atoms with E-state index >= 15 is 0 Å². The highest BCUT2D eigenvalue weighted by Gasteiger charge is 2.32. The molecule has 0 saturated heterocycles. The minimum absolute atomic E-state index is 0.0157. The number of ether oxygens (including phenoxy) is 1. The quantitative estimate of drug-likeness (QED) is 0.776. The Bertz CT molecular complexity index is 899. The van der Waals surface area contributed by atoms with Gasteiger partial charge in [-0.25, -0.2) is 4.79 Å². The van der Waals surface area contributed by atoms with Crippen LogP contribution in [0.25, 0.3) is 0 Å². The van der Waals surface area contributed by atoms with Crippen LogP contribution in [0.1, 0.15) is 18.9 Å². The first-order chi connectivity index (χ1) is 13.9. The molecule has 0 aliphatic carbocycles. The van der Waals surface area contributed by atoms with Crippen molar-refractivity contribution < 1.29 is 24.2 Å². The fourth-order valence-electron chi connectivity index (χ4n) is 3.37. The van der Waals surface area contributed by atoms with Crippen molar-refractivity contribution in [2.24, 2.45) is 0 Å². The Morgan fingerprint density at radius 2 is 1.79 bits per heavy atom. The second kappa shape index (κ2) is 8.77. The molecular formula is C22H24N2O5. The Morgan fingerprint density at radius 3 is 2.48 bits per heavy atom. The van der Waals surface area contributed by atoms with E-state index in [-0.39, 0.29) is 31.2 Å². The van der Waals surface area contributed by atoms with Gasteiger partial charge in [0.25, 0.3) is 5.91 Å². The van der Waals surface area contributed by atoms with Crippen molar-refractivity contribution in [2.45, 2.75) is 31.9 Å². The van der Waals surface area contributed by atoms with Crippen LogP contribution in [0.3, 0.4) is 0 Å². The van der Waals surface area contributed by atoms with Crippen LogP contribution in [0.4, 0.5) is 5.69 Å². The number of para-hydroxylation sites is 2. The van der Waals surface area contributed by atoms with Crippen LogP contribution in [0.15, 0.2) is 54.6 Å². The molecule has 7 heteroatoms. The molecule has 152 valence electrons. The van der Waals surface area contributed by atoms with Gasteiger partial charge >= 0.3 is 5.97 Å². The number of hydrogen-bond acceptors (Lipinski definition) is 4. The number of carbonyl (C=O) groups excluding carboxylic acids is 2. The third-order valence-corrected chi connectivity index (χ3v) is 5.04. The monoisotopic (exact) mass is 396 g/mol. The highest BCUT2D eigenvalue weighted by molar-refractivity contribution is 6.00. The van der Waals surface area contributed by atoms with Gasteiger partial charge in [0.15, 0.2) is 6.10 Å². The number of hydrogen-bond donors (Lipinski definition) is 1. The van der Waals surface area contributed by atoms with Crippen LogP contribution in [-0.2, 0) is 20.8 Å². The van der Waals surface area contributed by atoms with Gasteiger partial charge in [0, 0.05) is 26.4 Å². The van der Waals surface area contributed by atoms with Crippen molar-refractivity contribution in [3.05, 3.63) is 60.2 Å². The van der Waals surface area contributed by atoms with E-state index in [1.54, 1.807) is 25.1 Å². The average molecular weight is 396 g/mol. The lowest BCUT2D eigenvalue weighted by molar-refractivity contribution is -0.149. The smallest absolute Gasteiger partial charge is 0.326 e. The van der Waals surface area contributed by atoms with Gasteiger partial charge in [0.2, 0.25) is 5.91 Å². The summed E-state index contributed by atoms with van der Waals surface area (Å²) in [6, 6.07) is 15.4. The van der Waals surface area contributed by atoms with Gasteiger partial charge in [-0.15, -0.1) is 0 Å². The Labute approximate surface area is 169 Å². The second-order valence-corrected chi connectivity index (χ2v) is 7.02. The van der Waals surface area contributed by atoms with Crippen LogP contribution in [-0.4, -0.2) is 53.5 Å². The van der Waals surface area contributed by atoms with Crippen molar-refractivity contribution in [1.29, 1.82) is 0 Å². The first-order valence-corrected chi connectivity index (χ1v) is 9.48. The molecule has 1 heterocycles. The van der Waals surface area contributed by atoms with Gasteiger partial charge in [0.1, 0.15) is 11.8 Å². The number of likely N-dealkylation sites (N-methyl/N-ethyl adjacent to an activating group) is 1. The summed E-state index contributed by atoms with van der Waals surface area (Å²) >= 11 is 0. The average Bonchev–Trinajstić information content (AvgIpc) is 2.72. The summed E-state index contributed by atoms with van der Waals surface area (Å²) in [5.41, 5.74) is 1.45. The van der Waals surface area contributed by atoms with E-state index in [0.717, 1.165) is 5.56 Å². The van der Waals surface area contributed by atoms with Gasteiger partial charge in [-0.1, -0.05) is 42.5 Å². The molecule has 2 unspecified atom stereocenters. The summed E-state index contributed by atoms with van der Waals surface area (Å²) < 4.78 is 5.60. The van der Waals surface area contributed by atoms with Gasteiger partial charge in [-0.05, 0) is 24.6 Å². The van der Waals surface area contributed by atoms with Gasteiger partial charge < -0.3 is 19.6 Å². The molecule has 2 amide bonds. The zero-order valence-electron chi connectivity index (χ0n) is 16.4. The Hall–Kier alpha value is -3.35. The van der Waals surface area contributed by atoms with E-state index in [0.29, 0.717) is 11.4 Å². The number of amides is 2. The van der Waals surface area contributed by atoms with Crippen LogP contribution < -0.4 is 9.64 Å². The lowest BCUT2D eigenvalue weighted by Gasteiger charge is -2.33. The molecular weight excluding hydrogens is 372 g/mol. The number of anilines is 1. The predicted octanol–water partition coefficient (Wildman–Crippen LogP) is 2.34.